The number of hydrogen-bond acceptors (Lipinski definition) is 4. The molecule has 2 heterocycles. The minimum atomic E-state index is -0.328. The molecule has 1 aromatic carbocycles. The molecule has 0 aliphatic rings. The zero-order chi connectivity index (χ0) is 21.7. The molecule has 0 aliphatic heterocycles. The molecule has 0 spiro atoms. The number of nitrogens with zero attached hydrogens (tertiary/aromatic N) is 3. The first kappa shape index (κ1) is 21.3. The number of carbonyl (C=O) groups excluding carboxylic acids is 2. The molecule has 3 N–H and O–H groups in total. The number of pyridine rings is 1. The van der Waals surface area contributed by atoms with Gasteiger partial charge in [0, 0.05) is 29.6 Å². The van der Waals surface area contributed by atoms with Gasteiger partial charge in [0.2, 0.25) is 0 Å². The zero-order valence-corrected chi connectivity index (χ0v) is 17.8. The van der Waals surface area contributed by atoms with E-state index in [1.807, 2.05) is 50.6 Å². The van der Waals surface area contributed by atoms with Gasteiger partial charge in [0.15, 0.2) is 5.65 Å². The van der Waals surface area contributed by atoms with Crippen LogP contribution >= 0.6 is 0 Å². The lowest BCUT2D eigenvalue weighted by atomic mass is 10.1. The summed E-state index contributed by atoms with van der Waals surface area (Å²) >= 11 is 0. The average Bonchev–Trinajstić information content (AvgIpc) is 3.16. The van der Waals surface area contributed by atoms with E-state index >= 15 is 0 Å². The van der Waals surface area contributed by atoms with Crippen molar-refractivity contribution in [2.75, 3.05) is 5.32 Å². The number of urea groups is 1. The van der Waals surface area contributed by atoms with Crippen molar-refractivity contribution in [2.24, 2.45) is 0 Å². The topological polar surface area (TPSA) is 101 Å². The number of aromatic nitrogens is 3. The molecule has 0 saturated heterocycles. The lowest BCUT2D eigenvalue weighted by Crippen LogP contribution is -2.32. The van der Waals surface area contributed by atoms with Crippen LogP contribution in [0.25, 0.3) is 11.0 Å². The Bertz CT molecular complexity index is 1030. The standard InChI is InChI=1S/C22H28N6O2/c1-5-15(4)26-21(29)17-8-6-16(7-9-17)11-24-22(30)27-19-10-18-12-25-28(14(2)3)20(18)23-13-19/h6-10,12-15H,5,11H2,1-4H3,(H,26,29)(H2,24,27,30). The fraction of sp³-hybridized carbons (Fsp3) is 0.364. The number of fused-ring (bicyclic) bond motifs is 1. The van der Waals surface area contributed by atoms with Gasteiger partial charge in [-0.1, -0.05) is 19.1 Å². The Morgan fingerprint density at radius 3 is 2.50 bits per heavy atom. The monoisotopic (exact) mass is 408 g/mol. The predicted octanol–water partition coefficient (Wildman–Crippen LogP) is 3.86. The molecule has 0 fully saturated rings. The highest BCUT2D eigenvalue weighted by molar-refractivity contribution is 5.94. The van der Waals surface area contributed by atoms with E-state index in [0.717, 1.165) is 23.0 Å². The summed E-state index contributed by atoms with van der Waals surface area (Å²) in [6.45, 7) is 8.42. The molecule has 30 heavy (non-hydrogen) atoms. The van der Waals surface area contributed by atoms with E-state index in [-0.39, 0.29) is 24.0 Å². The summed E-state index contributed by atoms with van der Waals surface area (Å²) in [6.07, 6.45) is 4.24. The summed E-state index contributed by atoms with van der Waals surface area (Å²) in [4.78, 5) is 28.8. The molecule has 0 aliphatic carbocycles. The molecule has 0 saturated carbocycles. The minimum absolute atomic E-state index is 0.0923. The van der Waals surface area contributed by atoms with Gasteiger partial charge in [-0.3, -0.25) is 4.79 Å². The van der Waals surface area contributed by atoms with Crippen LogP contribution in [0.3, 0.4) is 0 Å². The lowest BCUT2D eigenvalue weighted by molar-refractivity contribution is 0.0939. The maximum Gasteiger partial charge on any atom is 0.319 e. The highest BCUT2D eigenvalue weighted by Crippen LogP contribution is 2.19. The van der Waals surface area contributed by atoms with Crippen LogP contribution in [-0.2, 0) is 6.54 Å². The van der Waals surface area contributed by atoms with Crippen molar-refractivity contribution in [3.05, 3.63) is 53.9 Å². The van der Waals surface area contributed by atoms with E-state index < -0.39 is 0 Å². The van der Waals surface area contributed by atoms with Crippen LogP contribution in [0.2, 0.25) is 0 Å². The van der Waals surface area contributed by atoms with Gasteiger partial charge in [-0.15, -0.1) is 0 Å². The van der Waals surface area contributed by atoms with E-state index in [1.54, 1.807) is 24.5 Å². The van der Waals surface area contributed by atoms with Crippen LogP contribution in [0, 0.1) is 0 Å². The van der Waals surface area contributed by atoms with Crippen molar-refractivity contribution in [1.82, 2.24) is 25.4 Å². The summed E-state index contributed by atoms with van der Waals surface area (Å²) in [5, 5.41) is 13.7. The van der Waals surface area contributed by atoms with Gasteiger partial charge in [-0.25, -0.2) is 14.5 Å². The molecule has 1 unspecified atom stereocenters. The Morgan fingerprint density at radius 1 is 1.10 bits per heavy atom. The molecule has 2 aromatic heterocycles. The third-order valence-electron chi connectivity index (χ3n) is 4.84. The van der Waals surface area contributed by atoms with Crippen LogP contribution in [-0.4, -0.2) is 32.7 Å². The van der Waals surface area contributed by atoms with Crippen molar-refractivity contribution in [1.29, 1.82) is 0 Å². The van der Waals surface area contributed by atoms with Gasteiger partial charge in [0.25, 0.3) is 5.91 Å². The fourth-order valence-corrected chi connectivity index (χ4v) is 2.93. The normalized spacial score (nSPS) is 12.0. The number of amides is 3. The summed E-state index contributed by atoms with van der Waals surface area (Å²) < 4.78 is 1.84. The second-order valence-corrected chi connectivity index (χ2v) is 7.61. The number of anilines is 1. The predicted molar refractivity (Wildman–Crippen MR) is 117 cm³/mol. The molecule has 8 nitrogen and oxygen atoms in total. The molecule has 3 amide bonds. The summed E-state index contributed by atoms with van der Waals surface area (Å²) in [5.74, 6) is -0.0923. The van der Waals surface area contributed by atoms with Gasteiger partial charge in [0.1, 0.15) is 0 Å². The van der Waals surface area contributed by atoms with Crippen molar-refractivity contribution in [3.8, 4) is 0 Å². The van der Waals surface area contributed by atoms with E-state index in [9.17, 15) is 9.59 Å². The van der Waals surface area contributed by atoms with E-state index in [0.29, 0.717) is 17.8 Å². The van der Waals surface area contributed by atoms with E-state index in [1.165, 1.54) is 0 Å². The largest absolute Gasteiger partial charge is 0.350 e. The van der Waals surface area contributed by atoms with Crippen LogP contribution in [0.5, 0.6) is 0 Å². The van der Waals surface area contributed by atoms with Gasteiger partial charge in [0.05, 0.1) is 18.1 Å². The molecule has 8 heteroatoms. The van der Waals surface area contributed by atoms with Gasteiger partial charge >= 0.3 is 6.03 Å². The maximum atomic E-state index is 12.2. The third-order valence-corrected chi connectivity index (χ3v) is 4.84. The molecule has 3 rings (SSSR count). The first-order valence-corrected chi connectivity index (χ1v) is 10.1. The van der Waals surface area contributed by atoms with Gasteiger partial charge < -0.3 is 16.0 Å². The Balaban J connectivity index is 1.54. The average molecular weight is 409 g/mol. The maximum absolute atomic E-state index is 12.2. The smallest absolute Gasteiger partial charge is 0.319 e. The first-order chi connectivity index (χ1) is 14.4. The number of nitrogens with one attached hydrogen (secondary N) is 3. The number of carbonyl (C=O) groups is 2. The number of rotatable bonds is 7. The molecule has 0 bridgehead atoms. The third kappa shape index (κ3) is 5.14. The zero-order valence-electron chi connectivity index (χ0n) is 17.8. The Kier molecular flexibility index (Phi) is 6.66. The molecule has 1 atom stereocenters. The second kappa shape index (κ2) is 9.39. The minimum Gasteiger partial charge on any atom is -0.350 e. The molecule has 158 valence electrons. The number of benzene rings is 1. The van der Waals surface area contributed by atoms with Crippen LogP contribution < -0.4 is 16.0 Å². The van der Waals surface area contributed by atoms with Crippen molar-refractivity contribution < 1.29 is 9.59 Å². The quantitative estimate of drug-likeness (QED) is 0.552. The van der Waals surface area contributed by atoms with Crippen LogP contribution in [0.1, 0.15) is 56.1 Å². The highest BCUT2D eigenvalue weighted by Gasteiger charge is 2.10. The highest BCUT2D eigenvalue weighted by atomic mass is 16.2. The van der Waals surface area contributed by atoms with Crippen LogP contribution in [0.4, 0.5) is 10.5 Å². The van der Waals surface area contributed by atoms with Crippen molar-refractivity contribution in [3.63, 3.8) is 0 Å². The van der Waals surface area contributed by atoms with E-state index in [4.69, 9.17) is 0 Å². The summed E-state index contributed by atoms with van der Waals surface area (Å²) in [5.41, 5.74) is 2.88. The van der Waals surface area contributed by atoms with Gasteiger partial charge in [-0.05, 0) is 51.0 Å². The molecule has 0 radical (unpaired) electrons. The Hall–Kier alpha value is -3.42. The van der Waals surface area contributed by atoms with Crippen molar-refractivity contribution in [2.45, 2.75) is 52.7 Å². The second-order valence-electron chi connectivity index (χ2n) is 7.61. The van der Waals surface area contributed by atoms with E-state index in [2.05, 4.69) is 26.0 Å². The Morgan fingerprint density at radius 2 is 1.83 bits per heavy atom. The lowest BCUT2D eigenvalue weighted by Gasteiger charge is -2.12. The summed E-state index contributed by atoms with van der Waals surface area (Å²) in [7, 11) is 0. The molecule has 3 aromatic rings. The number of hydrogen-bond donors (Lipinski definition) is 3. The first-order valence-electron chi connectivity index (χ1n) is 10.1. The molecular formula is C22H28N6O2. The van der Waals surface area contributed by atoms with Crippen molar-refractivity contribution >= 4 is 28.7 Å². The SMILES string of the molecule is CCC(C)NC(=O)c1ccc(CNC(=O)Nc2cnc3c(cnn3C(C)C)c2)cc1. The fourth-order valence-electron chi connectivity index (χ4n) is 2.93. The summed E-state index contributed by atoms with van der Waals surface area (Å²) in [6, 6.07) is 9.05. The van der Waals surface area contributed by atoms with Crippen LogP contribution in [0.15, 0.2) is 42.7 Å². The Labute approximate surface area is 176 Å². The van der Waals surface area contributed by atoms with Gasteiger partial charge in [-0.2, -0.15) is 5.10 Å². The molecular weight excluding hydrogens is 380 g/mol.